The van der Waals surface area contributed by atoms with Gasteiger partial charge in [-0.1, -0.05) is 11.6 Å². The SMILES string of the molecule is Nc1cc(Oc2ccc(F)cc2Cl)cc(C(F)(F)F)c1. The minimum absolute atomic E-state index is 0.0341. The first-order valence-electron chi connectivity index (χ1n) is 5.36. The largest absolute Gasteiger partial charge is 0.456 e. The van der Waals surface area contributed by atoms with Crippen LogP contribution >= 0.6 is 11.6 Å². The molecule has 0 saturated carbocycles. The number of hydrogen-bond acceptors (Lipinski definition) is 2. The Morgan fingerprint density at radius 1 is 1.05 bits per heavy atom. The highest BCUT2D eigenvalue weighted by Crippen LogP contribution is 2.36. The van der Waals surface area contributed by atoms with Crippen molar-refractivity contribution in [2.45, 2.75) is 6.18 Å². The summed E-state index contributed by atoms with van der Waals surface area (Å²) in [4.78, 5) is 0. The van der Waals surface area contributed by atoms with Crippen LogP contribution in [0.15, 0.2) is 36.4 Å². The highest BCUT2D eigenvalue weighted by molar-refractivity contribution is 6.32. The third kappa shape index (κ3) is 3.33. The van der Waals surface area contributed by atoms with Crippen molar-refractivity contribution < 1.29 is 22.3 Å². The number of alkyl halides is 3. The van der Waals surface area contributed by atoms with E-state index in [-0.39, 0.29) is 22.2 Å². The molecule has 7 heteroatoms. The van der Waals surface area contributed by atoms with E-state index in [1.807, 2.05) is 0 Å². The summed E-state index contributed by atoms with van der Waals surface area (Å²) in [6.07, 6.45) is -4.54. The van der Waals surface area contributed by atoms with Crippen LogP contribution in [-0.2, 0) is 6.18 Å². The van der Waals surface area contributed by atoms with Crippen molar-refractivity contribution in [2.75, 3.05) is 5.73 Å². The molecule has 2 aromatic rings. The molecule has 2 aromatic carbocycles. The molecule has 20 heavy (non-hydrogen) atoms. The lowest BCUT2D eigenvalue weighted by Crippen LogP contribution is -2.06. The molecule has 2 rings (SSSR count). The van der Waals surface area contributed by atoms with E-state index < -0.39 is 17.6 Å². The van der Waals surface area contributed by atoms with Gasteiger partial charge in [0.15, 0.2) is 0 Å². The summed E-state index contributed by atoms with van der Waals surface area (Å²) in [6.45, 7) is 0. The molecule has 0 heterocycles. The van der Waals surface area contributed by atoms with Crippen molar-refractivity contribution in [1.82, 2.24) is 0 Å². The van der Waals surface area contributed by atoms with Gasteiger partial charge in [-0.25, -0.2) is 4.39 Å². The summed E-state index contributed by atoms with van der Waals surface area (Å²) in [7, 11) is 0. The number of rotatable bonds is 2. The molecular weight excluding hydrogens is 298 g/mol. The van der Waals surface area contributed by atoms with Gasteiger partial charge in [0.1, 0.15) is 17.3 Å². The van der Waals surface area contributed by atoms with Crippen LogP contribution in [0.4, 0.5) is 23.2 Å². The van der Waals surface area contributed by atoms with Gasteiger partial charge in [0, 0.05) is 11.8 Å². The van der Waals surface area contributed by atoms with Gasteiger partial charge in [-0.3, -0.25) is 0 Å². The average molecular weight is 306 g/mol. The van der Waals surface area contributed by atoms with E-state index in [0.717, 1.165) is 24.3 Å². The Morgan fingerprint density at radius 2 is 1.75 bits per heavy atom. The zero-order valence-electron chi connectivity index (χ0n) is 9.84. The van der Waals surface area contributed by atoms with E-state index in [4.69, 9.17) is 22.1 Å². The molecular formula is C13H8ClF4NO. The molecule has 0 bridgehead atoms. The van der Waals surface area contributed by atoms with E-state index in [2.05, 4.69) is 0 Å². The second-order valence-electron chi connectivity index (χ2n) is 3.97. The average Bonchev–Trinajstić information content (AvgIpc) is 2.31. The fraction of sp³-hybridized carbons (Fsp3) is 0.0769. The topological polar surface area (TPSA) is 35.2 Å². The summed E-state index contributed by atoms with van der Waals surface area (Å²) < 4.78 is 56.0. The second-order valence-corrected chi connectivity index (χ2v) is 4.37. The Balaban J connectivity index is 2.36. The minimum atomic E-state index is -4.54. The van der Waals surface area contributed by atoms with E-state index in [1.54, 1.807) is 0 Å². The molecule has 0 aromatic heterocycles. The summed E-state index contributed by atoms with van der Waals surface area (Å²) in [5.41, 5.74) is 4.36. The Morgan fingerprint density at radius 3 is 2.35 bits per heavy atom. The zero-order valence-corrected chi connectivity index (χ0v) is 10.6. The van der Waals surface area contributed by atoms with Crippen LogP contribution in [0.25, 0.3) is 0 Å². The van der Waals surface area contributed by atoms with Gasteiger partial charge < -0.3 is 10.5 Å². The molecule has 0 spiro atoms. The first kappa shape index (κ1) is 14.5. The number of halogens is 5. The predicted molar refractivity (Wildman–Crippen MR) is 67.3 cm³/mol. The highest BCUT2D eigenvalue weighted by atomic mass is 35.5. The van der Waals surface area contributed by atoms with E-state index in [9.17, 15) is 17.6 Å². The zero-order chi connectivity index (χ0) is 14.9. The predicted octanol–water partition coefficient (Wildman–Crippen LogP) is 4.87. The maximum absolute atomic E-state index is 12.9. The lowest BCUT2D eigenvalue weighted by atomic mass is 10.2. The molecule has 0 aliphatic carbocycles. The molecule has 0 saturated heterocycles. The molecule has 0 unspecified atom stereocenters. The third-order valence-corrected chi connectivity index (χ3v) is 2.67. The fourth-order valence-electron chi connectivity index (χ4n) is 1.53. The molecule has 106 valence electrons. The minimum Gasteiger partial charge on any atom is -0.456 e. The summed E-state index contributed by atoms with van der Waals surface area (Å²) >= 11 is 5.73. The molecule has 0 radical (unpaired) electrons. The Kier molecular flexibility index (Phi) is 3.76. The van der Waals surface area contributed by atoms with Crippen LogP contribution in [0, 0.1) is 5.82 Å². The number of nitrogen functional groups attached to an aromatic ring is 1. The van der Waals surface area contributed by atoms with Crippen molar-refractivity contribution in [3.8, 4) is 11.5 Å². The highest BCUT2D eigenvalue weighted by Gasteiger charge is 2.31. The molecule has 0 atom stereocenters. The standard InChI is InChI=1S/C13H8ClF4NO/c14-11-5-8(15)1-2-12(11)20-10-4-7(13(16,17)18)3-9(19)6-10/h1-6H,19H2. The van der Waals surface area contributed by atoms with Gasteiger partial charge >= 0.3 is 6.18 Å². The van der Waals surface area contributed by atoms with Crippen molar-refractivity contribution in [1.29, 1.82) is 0 Å². The molecule has 2 nitrogen and oxygen atoms in total. The van der Waals surface area contributed by atoms with Crippen LogP contribution in [0.1, 0.15) is 5.56 Å². The van der Waals surface area contributed by atoms with Crippen molar-refractivity contribution >= 4 is 17.3 Å². The van der Waals surface area contributed by atoms with Crippen LogP contribution in [0.5, 0.6) is 11.5 Å². The number of ether oxygens (including phenoxy) is 1. The summed E-state index contributed by atoms with van der Waals surface area (Å²) in [5.74, 6) is -0.677. The van der Waals surface area contributed by atoms with Gasteiger partial charge in [0.25, 0.3) is 0 Å². The fourth-order valence-corrected chi connectivity index (χ4v) is 1.74. The summed E-state index contributed by atoms with van der Waals surface area (Å²) in [6, 6.07) is 6.09. The van der Waals surface area contributed by atoms with Crippen LogP contribution in [0.2, 0.25) is 5.02 Å². The molecule has 0 aliphatic heterocycles. The van der Waals surface area contributed by atoms with Crippen LogP contribution in [0.3, 0.4) is 0 Å². The molecule has 0 aliphatic rings. The third-order valence-electron chi connectivity index (χ3n) is 2.38. The van der Waals surface area contributed by atoms with Gasteiger partial charge in [-0.05, 0) is 30.3 Å². The van der Waals surface area contributed by atoms with Crippen LogP contribution in [-0.4, -0.2) is 0 Å². The number of benzene rings is 2. The Bertz CT molecular complexity index is 643. The summed E-state index contributed by atoms with van der Waals surface area (Å²) in [5, 5.41) is -0.0546. The lowest BCUT2D eigenvalue weighted by molar-refractivity contribution is -0.137. The quantitative estimate of drug-likeness (QED) is 0.634. The van der Waals surface area contributed by atoms with Crippen LogP contribution < -0.4 is 10.5 Å². The lowest BCUT2D eigenvalue weighted by Gasteiger charge is -2.12. The van der Waals surface area contributed by atoms with E-state index >= 15 is 0 Å². The smallest absolute Gasteiger partial charge is 0.416 e. The number of anilines is 1. The molecule has 0 amide bonds. The van der Waals surface area contributed by atoms with E-state index in [0.29, 0.717) is 0 Å². The maximum atomic E-state index is 12.9. The van der Waals surface area contributed by atoms with E-state index in [1.165, 1.54) is 12.1 Å². The monoisotopic (exact) mass is 305 g/mol. The second kappa shape index (κ2) is 5.20. The molecule has 0 fully saturated rings. The van der Waals surface area contributed by atoms with Crippen molar-refractivity contribution in [3.63, 3.8) is 0 Å². The van der Waals surface area contributed by atoms with Gasteiger partial charge in [-0.15, -0.1) is 0 Å². The Hall–Kier alpha value is -1.95. The number of nitrogens with two attached hydrogens (primary N) is 1. The Labute approximate surface area is 116 Å². The number of hydrogen-bond donors (Lipinski definition) is 1. The van der Waals surface area contributed by atoms with Gasteiger partial charge in [0.2, 0.25) is 0 Å². The van der Waals surface area contributed by atoms with Crippen molar-refractivity contribution in [3.05, 3.63) is 52.8 Å². The van der Waals surface area contributed by atoms with Gasteiger partial charge in [-0.2, -0.15) is 13.2 Å². The van der Waals surface area contributed by atoms with Crippen molar-refractivity contribution in [2.24, 2.45) is 0 Å². The maximum Gasteiger partial charge on any atom is 0.416 e. The normalized spacial score (nSPS) is 11.4. The first-order valence-corrected chi connectivity index (χ1v) is 5.74. The first-order chi connectivity index (χ1) is 9.25. The molecule has 2 N–H and O–H groups in total. The van der Waals surface area contributed by atoms with Gasteiger partial charge in [0.05, 0.1) is 10.6 Å².